The molecular formula is C10H12FNO2. The Balaban J connectivity index is 3.15. The van der Waals surface area contributed by atoms with Crippen molar-refractivity contribution < 1.29 is 14.3 Å². The number of hydrogen-bond acceptors (Lipinski definition) is 2. The minimum atomic E-state index is -1.10. The molecule has 0 aliphatic rings. The Hall–Kier alpha value is -1.42. The number of halogens is 1. The van der Waals surface area contributed by atoms with E-state index < -0.39 is 11.8 Å². The molecule has 1 aromatic carbocycles. The van der Waals surface area contributed by atoms with Gasteiger partial charge >= 0.3 is 5.97 Å². The van der Waals surface area contributed by atoms with Crippen molar-refractivity contribution in [3.8, 4) is 0 Å². The molecule has 0 saturated carbocycles. The van der Waals surface area contributed by atoms with E-state index in [0.29, 0.717) is 0 Å². The summed E-state index contributed by atoms with van der Waals surface area (Å²) in [5.74, 6) is -1.57. The summed E-state index contributed by atoms with van der Waals surface area (Å²) in [5, 5.41) is 8.82. The average Bonchev–Trinajstić information content (AvgIpc) is 2.07. The predicted molar refractivity (Wildman–Crippen MR) is 50.8 cm³/mol. The summed E-state index contributed by atoms with van der Waals surface area (Å²) in [4.78, 5) is 12.5. The third-order valence-corrected chi connectivity index (χ3v) is 1.82. The van der Waals surface area contributed by atoms with Gasteiger partial charge in [-0.05, 0) is 26.2 Å². The number of carboxylic acid groups (broad SMARTS) is 1. The molecule has 3 nitrogen and oxygen atoms in total. The van der Waals surface area contributed by atoms with E-state index in [1.807, 2.05) is 0 Å². The molecule has 0 radical (unpaired) electrons. The van der Waals surface area contributed by atoms with Crippen LogP contribution in [-0.4, -0.2) is 30.1 Å². The largest absolute Gasteiger partial charge is 0.478 e. The van der Waals surface area contributed by atoms with Gasteiger partial charge in [0.25, 0.3) is 0 Å². The molecule has 76 valence electrons. The number of hydrogen-bond donors (Lipinski definition) is 1. The van der Waals surface area contributed by atoms with Crippen molar-refractivity contribution >= 4 is 5.97 Å². The summed E-state index contributed by atoms with van der Waals surface area (Å²) in [5.41, 5.74) is 0.253. The van der Waals surface area contributed by atoms with Crippen LogP contribution in [-0.2, 0) is 6.54 Å². The second-order valence-corrected chi connectivity index (χ2v) is 3.31. The molecule has 1 aromatic rings. The highest BCUT2D eigenvalue weighted by Gasteiger charge is 2.14. The molecule has 0 atom stereocenters. The smallest absolute Gasteiger partial charge is 0.336 e. The molecule has 1 N–H and O–H groups in total. The zero-order chi connectivity index (χ0) is 10.7. The number of nitrogens with zero attached hydrogens (tertiary/aromatic N) is 1. The first-order chi connectivity index (χ1) is 6.52. The second kappa shape index (κ2) is 4.19. The van der Waals surface area contributed by atoms with Gasteiger partial charge in [0, 0.05) is 12.1 Å². The highest BCUT2D eigenvalue weighted by Crippen LogP contribution is 2.14. The lowest BCUT2D eigenvalue weighted by molar-refractivity contribution is 0.0694. The predicted octanol–water partition coefficient (Wildman–Crippen LogP) is 1.59. The Morgan fingerprint density at radius 1 is 1.50 bits per heavy atom. The van der Waals surface area contributed by atoms with Gasteiger partial charge in [-0.1, -0.05) is 6.07 Å². The normalized spacial score (nSPS) is 10.6. The zero-order valence-electron chi connectivity index (χ0n) is 8.12. The van der Waals surface area contributed by atoms with Crippen LogP contribution in [0.5, 0.6) is 0 Å². The minimum absolute atomic E-state index is 0.0266. The van der Waals surface area contributed by atoms with Crippen LogP contribution in [0, 0.1) is 5.82 Å². The first-order valence-corrected chi connectivity index (χ1v) is 4.17. The lowest BCUT2D eigenvalue weighted by Crippen LogP contribution is -2.15. The number of benzene rings is 1. The quantitative estimate of drug-likeness (QED) is 0.799. The molecule has 0 spiro atoms. The zero-order valence-corrected chi connectivity index (χ0v) is 8.12. The maximum Gasteiger partial charge on any atom is 0.336 e. The first kappa shape index (κ1) is 10.7. The Morgan fingerprint density at radius 2 is 2.14 bits per heavy atom. The molecule has 0 fully saturated rings. The Kier molecular flexibility index (Phi) is 3.19. The van der Waals surface area contributed by atoms with Gasteiger partial charge in [-0.2, -0.15) is 0 Å². The molecule has 0 bridgehead atoms. The topological polar surface area (TPSA) is 40.5 Å². The fourth-order valence-corrected chi connectivity index (χ4v) is 1.24. The van der Waals surface area contributed by atoms with Gasteiger partial charge in [0.1, 0.15) is 5.82 Å². The van der Waals surface area contributed by atoms with Crippen LogP contribution in [0.1, 0.15) is 15.9 Å². The fraction of sp³-hybridized carbons (Fsp3) is 0.300. The number of aromatic carboxylic acids is 1. The van der Waals surface area contributed by atoms with Crippen LogP contribution in [0.25, 0.3) is 0 Å². The van der Waals surface area contributed by atoms with Crippen LogP contribution in [0.3, 0.4) is 0 Å². The molecule has 0 amide bonds. The average molecular weight is 197 g/mol. The van der Waals surface area contributed by atoms with Crippen LogP contribution in [0.4, 0.5) is 4.39 Å². The van der Waals surface area contributed by atoms with Crippen molar-refractivity contribution in [2.75, 3.05) is 14.1 Å². The third kappa shape index (κ3) is 2.29. The van der Waals surface area contributed by atoms with Gasteiger partial charge in [-0.25, -0.2) is 9.18 Å². The third-order valence-electron chi connectivity index (χ3n) is 1.82. The van der Waals surface area contributed by atoms with E-state index >= 15 is 0 Å². The monoisotopic (exact) mass is 197 g/mol. The SMILES string of the molecule is CN(C)Cc1c(F)cccc1C(=O)O. The van der Waals surface area contributed by atoms with Crippen molar-refractivity contribution in [2.24, 2.45) is 0 Å². The van der Waals surface area contributed by atoms with E-state index in [1.165, 1.54) is 18.2 Å². The molecule has 0 heterocycles. The Bertz CT molecular complexity index is 350. The van der Waals surface area contributed by atoms with E-state index in [1.54, 1.807) is 19.0 Å². The molecule has 14 heavy (non-hydrogen) atoms. The van der Waals surface area contributed by atoms with Gasteiger partial charge in [-0.3, -0.25) is 0 Å². The van der Waals surface area contributed by atoms with E-state index in [0.717, 1.165) is 0 Å². The fourth-order valence-electron chi connectivity index (χ4n) is 1.24. The summed E-state index contributed by atoms with van der Waals surface area (Å²) in [6, 6.07) is 4.08. The van der Waals surface area contributed by atoms with Crippen molar-refractivity contribution in [1.29, 1.82) is 0 Å². The van der Waals surface area contributed by atoms with Gasteiger partial charge in [0.15, 0.2) is 0 Å². The molecule has 0 saturated heterocycles. The van der Waals surface area contributed by atoms with Crippen molar-refractivity contribution in [1.82, 2.24) is 4.90 Å². The number of carboxylic acids is 1. The molecular weight excluding hydrogens is 185 g/mol. The molecule has 0 aliphatic carbocycles. The molecule has 0 aliphatic heterocycles. The van der Waals surface area contributed by atoms with Crippen molar-refractivity contribution in [2.45, 2.75) is 6.54 Å². The van der Waals surface area contributed by atoms with Crippen LogP contribution < -0.4 is 0 Å². The van der Waals surface area contributed by atoms with Gasteiger partial charge in [0.2, 0.25) is 0 Å². The van der Waals surface area contributed by atoms with E-state index in [2.05, 4.69) is 0 Å². The van der Waals surface area contributed by atoms with Gasteiger partial charge < -0.3 is 10.0 Å². The van der Waals surface area contributed by atoms with Crippen LogP contribution in [0.2, 0.25) is 0 Å². The van der Waals surface area contributed by atoms with Gasteiger partial charge in [-0.15, -0.1) is 0 Å². The second-order valence-electron chi connectivity index (χ2n) is 3.31. The highest BCUT2D eigenvalue weighted by molar-refractivity contribution is 5.89. The summed E-state index contributed by atoms with van der Waals surface area (Å²) in [6.07, 6.45) is 0. The Morgan fingerprint density at radius 3 is 2.64 bits per heavy atom. The molecule has 0 aromatic heterocycles. The molecule has 4 heteroatoms. The van der Waals surface area contributed by atoms with Crippen LogP contribution >= 0.6 is 0 Å². The summed E-state index contributed by atoms with van der Waals surface area (Å²) in [7, 11) is 3.52. The minimum Gasteiger partial charge on any atom is -0.478 e. The maximum absolute atomic E-state index is 13.3. The van der Waals surface area contributed by atoms with Crippen molar-refractivity contribution in [3.05, 3.63) is 35.1 Å². The number of carbonyl (C=O) groups is 1. The van der Waals surface area contributed by atoms with Crippen molar-refractivity contribution in [3.63, 3.8) is 0 Å². The summed E-state index contributed by atoms with van der Waals surface area (Å²) < 4.78 is 13.3. The van der Waals surface area contributed by atoms with E-state index in [9.17, 15) is 9.18 Å². The maximum atomic E-state index is 13.3. The first-order valence-electron chi connectivity index (χ1n) is 4.17. The van der Waals surface area contributed by atoms with E-state index in [4.69, 9.17) is 5.11 Å². The van der Waals surface area contributed by atoms with E-state index in [-0.39, 0.29) is 17.7 Å². The molecule has 1 rings (SSSR count). The summed E-state index contributed by atoms with van der Waals surface area (Å²) >= 11 is 0. The van der Waals surface area contributed by atoms with Crippen LogP contribution in [0.15, 0.2) is 18.2 Å². The lowest BCUT2D eigenvalue weighted by Gasteiger charge is -2.12. The highest BCUT2D eigenvalue weighted by atomic mass is 19.1. The lowest BCUT2D eigenvalue weighted by atomic mass is 10.1. The Labute approximate surface area is 81.8 Å². The van der Waals surface area contributed by atoms with Gasteiger partial charge in [0.05, 0.1) is 5.56 Å². The summed E-state index contributed by atoms with van der Waals surface area (Å²) in [6.45, 7) is 0.286. The standard InChI is InChI=1S/C10H12FNO2/c1-12(2)6-8-7(10(13)14)4-3-5-9(8)11/h3-5H,6H2,1-2H3,(H,13,14). The molecule has 0 unspecified atom stereocenters. The number of rotatable bonds is 3.